The lowest BCUT2D eigenvalue weighted by Crippen LogP contribution is -2.09. The van der Waals surface area contributed by atoms with E-state index in [-0.39, 0.29) is 5.78 Å². The molecular formula is C24H25ClO3S. The molecule has 1 saturated carbocycles. The summed E-state index contributed by atoms with van der Waals surface area (Å²) in [4.78, 5) is 14.8. The lowest BCUT2D eigenvalue weighted by molar-refractivity contribution is 0.103. The van der Waals surface area contributed by atoms with Crippen molar-refractivity contribution >= 4 is 38.8 Å². The summed E-state index contributed by atoms with van der Waals surface area (Å²) in [6.45, 7) is 0.456. The highest BCUT2D eigenvalue weighted by Crippen LogP contribution is 2.44. The molecule has 2 aromatic carbocycles. The molecule has 0 spiro atoms. The Kier molecular flexibility index (Phi) is 6.41. The van der Waals surface area contributed by atoms with Crippen LogP contribution in [0.4, 0.5) is 0 Å². The number of ketones is 1. The summed E-state index contributed by atoms with van der Waals surface area (Å²) in [6, 6.07) is 13.4. The van der Waals surface area contributed by atoms with Crippen molar-refractivity contribution in [3.8, 4) is 11.5 Å². The second kappa shape index (κ2) is 9.19. The highest BCUT2D eigenvalue weighted by Gasteiger charge is 2.27. The van der Waals surface area contributed by atoms with Crippen LogP contribution in [0.15, 0.2) is 42.5 Å². The number of hydrogen-bond acceptors (Lipinski definition) is 4. The molecule has 0 N–H and O–H groups in total. The minimum absolute atomic E-state index is 0.0888. The summed E-state index contributed by atoms with van der Waals surface area (Å²) >= 11 is 7.44. The molecule has 3 aromatic rings. The molecule has 1 fully saturated rings. The molecule has 0 unspecified atom stereocenters. The van der Waals surface area contributed by atoms with E-state index in [9.17, 15) is 4.79 Å². The molecule has 1 heterocycles. The second-order valence-electron chi connectivity index (χ2n) is 7.43. The van der Waals surface area contributed by atoms with E-state index in [0.29, 0.717) is 24.0 Å². The molecule has 1 aliphatic rings. The van der Waals surface area contributed by atoms with Crippen molar-refractivity contribution in [3.63, 3.8) is 0 Å². The monoisotopic (exact) mass is 428 g/mol. The van der Waals surface area contributed by atoms with Crippen LogP contribution in [0.25, 0.3) is 10.1 Å². The third-order valence-corrected chi connectivity index (χ3v) is 7.06. The normalized spacial score (nSPS) is 14.8. The number of hydrogen-bond donors (Lipinski definition) is 0. The summed E-state index contributed by atoms with van der Waals surface area (Å²) in [7, 11) is 1.68. The first kappa shape index (κ1) is 20.2. The van der Waals surface area contributed by atoms with Crippen LogP contribution in [0.1, 0.15) is 58.8 Å². The number of fused-ring (bicyclic) bond motifs is 1. The van der Waals surface area contributed by atoms with E-state index >= 15 is 0 Å². The molecule has 4 rings (SSSR count). The van der Waals surface area contributed by atoms with E-state index in [1.54, 1.807) is 18.4 Å². The predicted octanol–water partition coefficient (Wildman–Crippen LogP) is 6.81. The van der Waals surface area contributed by atoms with Gasteiger partial charge in [0.15, 0.2) is 5.78 Å². The van der Waals surface area contributed by atoms with E-state index in [4.69, 9.17) is 21.1 Å². The quantitative estimate of drug-likeness (QED) is 0.306. The fourth-order valence-electron chi connectivity index (χ4n) is 4.11. The van der Waals surface area contributed by atoms with Gasteiger partial charge in [-0.2, -0.15) is 0 Å². The molecule has 0 radical (unpaired) electrons. The third-order valence-electron chi connectivity index (χ3n) is 5.59. The molecule has 1 aromatic heterocycles. The molecule has 0 amide bonds. The standard InChI is InChI=1S/C24H25ClO3S/c1-27-19-11-12-20-21(15-19)29-24(17-5-3-2-4-6-17)22(20)23(26)16-7-9-18(10-8-16)28-14-13-25/h7-12,15,17H,2-6,13-14H2,1H3. The maximum absolute atomic E-state index is 13.6. The Labute approximate surface area is 180 Å². The summed E-state index contributed by atoms with van der Waals surface area (Å²) in [5, 5.41) is 1.03. The van der Waals surface area contributed by atoms with Crippen molar-refractivity contribution < 1.29 is 14.3 Å². The Morgan fingerprint density at radius 2 is 1.79 bits per heavy atom. The number of ether oxygens (including phenoxy) is 2. The van der Waals surface area contributed by atoms with Crippen molar-refractivity contribution in [3.05, 3.63) is 58.5 Å². The molecule has 1 aliphatic carbocycles. The molecule has 29 heavy (non-hydrogen) atoms. The summed E-state index contributed by atoms with van der Waals surface area (Å²) in [5.41, 5.74) is 1.56. The number of alkyl halides is 1. The van der Waals surface area contributed by atoms with Crippen LogP contribution in [-0.2, 0) is 0 Å². The fraction of sp³-hybridized carbons (Fsp3) is 0.375. The van der Waals surface area contributed by atoms with Crippen molar-refractivity contribution in [2.45, 2.75) is 38.0 Å². The number of carbonyl (C=O) groups is 1. The topological polar surface area (TPSA) is 35.5 Å². The summed E-state index contributed by atoms with van der Waals surface area (Å²) in [5.74, 6) is 2.56. The van der Waals surface area contributed by atoms with Gasteiger partial charge in [0.2, 0.25) is 0 Å². The van der Waals surface area contributed by atoms with Crippen molar-refractivity contribution in [1.82, 2.24) is 0 Å². The van der Waals surface area contributed by atoms with Crippen LogP contribution in [0.5, 0.6) is 11.5 Å². The Balaban J connectivity index is 1.74. The first-order valence-electron chi connectivity index (χ1n) is 10.1. The van der Waals surface area contributed by atoms with Gasteiger partial charge in [-0.1, -0.05) is 19.3 Å². The van der Waals surface area contributed by atoms with Crippen LogP contribution >= 0.6 is 22.9 Å². The molecular weight excluding hydrogens is 404 g/mol. The fourth-order valence-corrected chi connectivity index (χ4v) is 5.59. The lowest BCUT2D eigenvalue weighted by atomic mass is 9.85. The van der Waals surface area contributed by atoms with Gasteiger partial charge in [0, 0.05) is 26.1 Å². The maximum Gasteiger partial charge on any atom is 0.194 e. The van der Waals surface area contributed by atoms with Gasteiger partial charge >= 0.3 is 0 Å². The molecule has 0 aliphatic heterocycles. The lowest BCUT2D eigenvalue weighted by Gasteiger charge is -2.21. The van der Waals surface area contributed by atoms with E-state index < -0.39 is 0 Å². The molecule has 3 nitrogen and oxygen atoms in total. The van der Waals surface area contributed by atoms with Crippen LogP contribution < -0.4 is 9.47 Å². The number of halogens is 1. The minimum atomic E-state index is 0.0888. The maximum atomic E-state index is 13.6. The van der Waals surface area contributed by atoms with E-state index in [0.717, 1.165) is 40.0 Å². The summed E-state index contributed by atoms with van der Waals surface area (Å²) < 4.78 is 12.1. The van der Waals surface area contributed by atoms with Gasteiger partial charge in [-0.3, -0.25) is 4.79 Å². The van der Waals surface area contributed by atoms with Gasteiger partial charge < -0.3 is 9.47 Å². The zero-order valence-electron chi connectivity index (χ0n) is 16.6. The number of rotatable bonds is 7. The van der Waals surface area contributed by atoms with Gasteiger partial charge in [0.05, 0.1) is 13.0 Å². The third kappa shape index (κ3) is 4.29. The van der Waals surface area contributed by atoms with Gasteiger partial charge in [-0.05, 0) is 61.2 Å². The molecule has 152 valence electrons. The van der Waals surface area contributed by atoms with E-state index in [1.807, 2.05) is 42.5 Å². The summed E-state index contributed by atoms with van der Waals surface area (Å²) in [6.07, 6.45) is 6.10. The number of thiophene rings is 1. The van der Waals surface area contributed by atoms with Crippen LogP contribution in [0.3, 0.4) is 0 Å². The number of methoxy groups -OCH3 is 1. The van der Waals surface area contributed by atoms with Crippen LogP contribution in [-0.4, -0.2) is 25.4 Å². The first-order chi connectivity index (χ1) is 14.2. The van der Waals surface area contributed by atoms with E-state index in [1.165, 1.54) is 24.1 Å². The highest BCUT2D eigenvalue weighted by molar-refractivity contribution is 7.19. The van der Waals surface area contributed by atoms with Gasteiger partial charge in [-0.15, -0.1) is 22.9 Å². The number of carbonyl (C=O) groups excluding carboxylic acids is 1. The number of benzene rings is 2. The van der Waals surface area contributed by atoms with Crippen molar-refractivity contribution in [2.24, 2.45) is 0 Å². The Morgan fingerprint density at radius 3 is 2.48 bits per heavy atom. The van der Waals surface area contributed by atoms with E-state index in [2.05, 4.69) is 0 Å². The Bertz CT molecular complexity index is 987. The molecule has 0 saturated heterocycles. The zero-order valence-corrected chi connectivity index (χ0v) is 18.2. The Hall–Kier alpha value is -2.04. The average Bonchev–Trinajstić information content (AvgIpc) is 3.16. The van der Waals surface area contributed by atoms with Crippen molar-refractivity contribution in [1.29, 1.82) is 0 Å². The van der Waals surface area contributed by atoms with Crippen molar-refractivity contribution in [2.75, 3.05) is 19.6 Å². The second-order valence-corrected chi connectivity index (χ2v) is 8.89. The Morgan fingerprint density at radius 1 is 1.07 bits per heavy atom. The highest BCUT2D eigenvalue weighted by atomic mass is 35.5. The first-order valence-corrected chi connectivity index (χ1v) is 11.5. The minimum Gasteiger partial charge on any atom is -0.497 e. The molecule has 5 heteroatoms. The largest absolute Gasteiger partial charge is 0.497 e. The van der Waals surface area contributed by atoms with Gasteiger partial charge in [-0.25, -0.2) is 0 Å². The SMILES string of the molecule is COc1ccc2c(C(=O)c3ccc(OCCCl)cc3)c(C3CCCCC3)sc2c1. The average molecular weight is 429 g/mol. The van der Waals surface area contributed by atoms with Crippen LogP contribution in [0.2, 0.25) is 0 Å². The van der Waals surface area contributed by atoms with Gasteiger partial charge in [0.1, 0.15) is 18.1 Å². The smallest absolute Gasteiger partial charge is 0.194 e. The predicted molar refractivity (Wildman–Crippen MR) is 120 cm³/mol. The van der Waals surface area contributed by atoms with Crippen LogP contribution in [0, 0.1) is 0 Å². The molecule has 0 bridgehead atoms. The molecule has 0 atom stereocenters. The zero-order chi connectivity index (χ0) is 20.2. The van der Waals surface area contributed by atoms with Gasteiger partial charge in [0.25, 0.3) is 0 Å².